The van der Waals surface area contributed by atoms with Gasteiger partial charge in [-0.25, -0.2) is 9.18 Å². The summed E-state index contributed by atoms with van der Waals surface area (Å²) in [5.74, 6) is -3.13. The predicted octanol–water partition coefficient (Wildman–Crippen LogP) is 3.46. The topological polar surface area (TPSA) is 107 Å². The molecular formula is C20H15FN2O5S2. The molecule has 30 heavy (non-hydrogen) atoms. The maximum atomic E-state index is 13.1. The lowest BCUT2D eigenvalue weighted by atomic mass is 10.1. The number of aromatic hydroxyl groups is 1. The van der Waals surface area contributed by atoms with E-state index in [2.05, 4.69) is 5.32 Å². The van der Waals surface area contributed by atoms with Crippen molar-refractivity contribution in [2.75, 3.05) is 5.32 Å². The van der Waals surface area contributed by atoms with Crippen LogP contribution < -0.4 is 5.32 Å². The van der Waals surface area contributed by atoms with Gasteiger partial charge in [0.1, 0.15) is 21.9 Å². The van der Waals surface area contributed by atoms with Crippen molar-refractivity contribution in [2.24, 2.45) is 0 Å². The number of hydrogen-bond acceptors (Lipinski definition) is 6. The maximum Gasteiger partial charge on any atom is 0.337 e. The number of carboxylic acids is 1. The van der Waals surface area contributed by atoms with Crippen molar-refractivity contribution >= 4 is 57.8 Å². The molecule has 154 valence electrons. The number of nitrogens with one attached hydrogen (secondary N) is 1. The molecule has 0 unspecified atom stereocenters. The van der Waals surface area contributed by atoms with Gasteiger partial charge in [0.2, 0.25) is 5.91 Å². The van der Waals surface area contributed by atoms with Crippen LogP contribution in [0.1, 0.15) is 22.8 Å². The van der Waals surface area contributed by atoms with E-state index in [0.29, 0.717) is 5.56 Å². The Bertz CT molecular complexity index is 1090. The van der Waals surface area contributed by atoms with Gasteiger partial charge in [0.25, 0.3) is 5.91 Å². The number of phenols is 1. The number of nitrogens with zero attached hydrogens (tertiary/aromatic N) is 1. The summed E-state index contributed by atoms with van der Waals surface area (Å²) in [6.07, 6.45) is 1.55. The third-order valence-corrected chi connectivity index (χ3v) is 5.58. The number of amides is 2. The first-order chi connectivity index (χ1) is 14.2. The van der Waals surface area contributed by atoms with E-state index < -0.39 is 29.6 Å². The smallest absolute Gasteiger partial charge is 0.337 e. The minimum absolute atomic E-state index is 0.0237. The molecule has 10 heteroatoms. The van der Waals surface area contributed by atoms with E-state index >= 15 is 0 Å². The number of carbonyl (C=O) groups is 3. The van der Waals surface area contributed by atoms with Gasteiger partial charge in [-0.05, 0) is 48.9 Å². The molecule has 0 radical (unpaired) electrons. The molecule has 1 aliphatic rings. The molecule has 3 rings (SSSR count). The van der Waals surface area contributed by atoms with Crippen LogP contribution in [-0.2, 0) is 9.59 Å². The molecule has 2 amide bonds. The lowest BCUT2D eigenvalue weighted by Gasteiger charge is -2.22. The summed E-state index contributed by atoms with van der Waals surface area (Å²) in [6, 6.07) is 8.02. The van der Waals surface area contributed by atoms with Crippen molar-refractivity contribution in [3.63, 3.8) is 0 Å². The standard InChI is InChI=1S/C20H15FN2O5S2/c1-10(17(25)22-15-7-6-13(24)9-14(15)19(27)28)23-18(26)16(30-20(23)29)8-11-2-4-12(21)5-3-11/h2-10,24H,1H3,(H,22,25)(H,27,28)/b16-8+/t10-/m1/s1. The summed E-state index contributed by atoms with van der Waals surface area (Å²) in [5, 5.41) is 21.2. The van der Waals surface area contributed by atoms with Crippen molar-refractivity contribution in [3.05, 3.63) is 64.3 Å². The molecule has 1 atom stereocenters. The van der Waals surface area contributed by atoms with E-state index in [-0.39, 0.29) is 26.2 Å². The van der Waals surface area contributed by atoms with Gasteiger partial charge in [-0.1, -0.05) is 36.1 Å². The van der Waals surface area contributed by atoms with Gasteiger partial charge in [0, 0.05) is 0 Å². The highest BCUT2D eigenvalue weighted by atomic mass is 32.2. The number of anilines is 1. The lowest BCUT2D eigenvalue weighted by molar-refractivity contribution is -0.129. The largest absolute Gasteiger partial charge is 0.508 e. The fourth-order valence-corrected chi connectivity index (χ4v) is 4.12. The Kier molecular flexibility index (Phi) is 6.18. The fraction of sp³-hybridized carbons (Fsp3) is 0.100. The summed E-state index contributed by atoms with van der Waals surface area (Å²) in [4.78, 5) is 38.2. The van der Waals surface area contributed by atoms with Crippen LogP contribution in [0, 0.1) is 5.82 Å². The molecule has 1 heterocycles. The Morgan fingerprint density at radius 1 is 1.23 bits per heavy atom. The molecule has 0 spiro atoms. The van der Waals surface area contributed by atoms with Gasteiger partial charge in [0.05, 0.1) is 16.2 Å². The van der Waals surface area contributed by atoms with Crippen LogP contribution in [0.5, 0.6) is 5.75 Å². The number of thioether (sulfide) groups is 1. The van der Waals surface area contributed by atoms with Crippen molar-refractivity contribution < 1.29 is 29.0 Å². The minimum atomic E-state index is -1.33. The van der Waals surface area contributed by atoms with Crippen LogP contribution in [0.15, 0.2) is 47.4 Å². The fourth-order valence-electron chi connectivity index (χ4n) is 2.70. The molecule has 1 saturated heterocycles. The van der Waals surface area contributed by atoms with Gasteiger partial charge in [-0.2, -0.15) is 0 Å². The van der Waals surface area contributed by atoms with Gasteiger partial charge >= 0.3 is 5.97 Å². The Labute approximate surface area is 180 Å². The molecule has 7 nitrogen and oxygen atoms in total. The highest BCUT2D eigenvalue weighted by molar-refractivity contribution is 8.26. The zero-order chi connectivity index (χ0) is 22.0. The van der Waals surface area contributed by atoms with E-state index in [4.69, 9.17) is 12.2 Å². The lowest BCUT2D eigenvalue weighted by Crippen LogP contribution is -2.44. The molecule has 1 aliphatic heterocycles. The van der Waals surface area contributed by atoms with E-state index in [1.165, 1.54) is 43.3 Å². The Morgan fingerprint density at radius 2 is 1.90 bits per heavy atom. The third-order valence-electron chi connectivity index (χ3n) is 4.25. The average Bonchev–Trinajstić information content (AvgIpc) is 2.97. The second-order valence-corrected chi connectivity index (χ2v) is 7.98. The van der Waals surface area contributed by atoms with Crippen molar-refractivity contribution in [3.8, 4) is 5.75 Å². The Hall–Kier alpha value is -3.24. The second-order valence-electron chi connectivity index (χ2n) is 6.30. The van der Waals surface area contributed by atoms with Crippen LogP contribution in [0.2, 0.25) is 0 Å². The van der Waals surface area contributed by atoms with Crippen LogP contribution in [0.3, 0.4) is 0 Å². The second kappa shape index (κ2) is 8.64. The van der Waals surface area contributed by atoms with Crippen molar-refractivity contribution in [1.82, 2.24) is 4.90 Å². The van der Waals surface area contributed by atoms with Crippen LogP contribution in [0.25, 0.3) is 6.08 Å². The third kappa shape index (κ3) is 4.50. The molecule has 0 bridgehead atoms. The number of rotatable bonds is 5. The van der Waals surface area contributed by atoms with E-state index in [9.17, 15) is 29.0 Å². The predicted molar refractivity (Wildman–Crippen MR) is 115 cm³/mol. The number of halogens is 1. The molecule has 2 aromatic carbocycles. The maximum absolute atomic E-state index is 13.1. The molecule has 1 fully saturated rings. The number of hydrogen-bond donors (Lipinski definition) is 3. The molecular weight excluding hydrogens is 431 g/mol. The Morgan fingerprint density at radius 3 is 2.53 bits per heavy atom. The first-order valence-corrected chi connectivity index (χ1v) is 9.79. The quantitative estimate of drug-likeness (QED) is 0.367. The number of carbonyl (C=O) groups excluding carboxylic acids is 2. The van der Waals surface area contributed by atoms with Gasteiger partial charge in [-0.15, -0.1) is 0 Å². The van der Waals surface area contributed by atoms with Crippen LogP contribution >= 0.6 is 24.0 Å². The molecule has 0 aromatic heterocycles. The number of benzene rings is 2. The Balaban J connectivity index is 1.79. The van der Waals surface area contributed by atoms with Crippen molar-refractivity contribution in [1.29, 1.82) is 0 Å². The summed E-state index contributed by atoms with van der Waals surface area (Å²) >= 11 is 6.25. The van der Waals surface area contributed by atoms with E-state index in [1.807, 2.05) is 0 Å². The average molecular weight is 446 g/mol. The molecule has 2 aromatic rings. The monoisotopic (exact) mass is 446 g/mol. The first-order valence-electron chi connectivity index (χ1n) is 8.57. The molecule has 3 N–H and O–H groups in total. The van der Waals surface area contributed by atoms with Crippen molar-refractivity contribution in [2.45, 2.75) is 13.0 Å². The number of phenolic OH excluding ortho intramolecular Hbond substituents is 1. The van der Waals surface area contributed by atoms with Crippen LogP contribution in [-0.4, -0.2) is 43.3 Å². The summed E-state index contributed by atoms with van der Waals surface area (Å²) in [5.41, 5.74) is 0.283. The molecule has 0 saturated carbocycles. The van der Waals surface area contributed by atoms with Gasteiger partial charge in [-0.3, -0.25) is 14.5 Å². The van der Waals surface area contributed by atoms with Gasteiger partial charge in [0.15, 0.2) is 0 Å². The van der Waals surface area contributed by atoms with E-state index in [0.717, 1.165) is 22.7 Å². The number of aromatic carboxylic acids is 1. The highest BCUT2D eigenvalue weighted by Gasteiger charge is 2.38. The summed E-state index contributed by atoms with van der Waals surface area (Å²) in [7, 11) is 0. The normalized spacial score (nSPS) is 16.1. The van der Waals surface area contributed by atoms with Crippen LogP contribution in [0.4, 0.5) is 10.1 Å². The zero-order valence-electron chi connectivity index (χ0n) is 15.5. The number of carboxylic acid groups (broad SMARTS) is 1. The molecule has 0 aliphatic carbocycles. The minimum Gasteiger partial charge on any atom is -0.508 e. The van der Waals surface area contributed by atoms with E-state index in [1.54, 1.807) is 6.08 Å². The summed E-state index contributed by atoms with van der Waals surface area (Å²) in [6.45, 7) is 1.46. The summed E-state index contributed by atoms with van der Waals surface area (Å²) < 4.78 is 13.2. The zero-order valence-corrected chi connectivity index (χ0v) is 17.1. The SMILES string of the molecule is C[C@H](C(=O)Nc1ccc(O)cc1C(=O)O)N1C(=O)/C(=C\c2ccc(F)cc2)SC1=S. The highest BCUT2D eigenvalue weighted by Crippen LogP contribution is 2.34. The number of thiocarbonyl (C=S) groups is 1. The first kappa shape index (κ1) is 21.5. The van der Waals surface area contributed by atoms with Gasteiger partial charge < -0.3 is 15.5 Å².